The van der Waals surface area contributed by atoms with Crippen molar-refractivity contribution < 1.29 is 19.1 Å². The van der Waals surface area contributed by atoms with E-state index in [-0.39, 0.29) is 18.9 Å². The van der Waals surface area contributed by atoms with E-state index in [1.807, 2.05) is 20.8 Å². The van der Waals surface area contributed by atoms with Crippen molar-refractivity contribution in [3.05, 3.63) is 60.2 Å². The molecule has 0 unspecified atom stereocenters. The topological polar surface area (TPSA) is 114 Å². The second-order valence-corrected chi connectivity index (χ2v) is 8.14. The fourth-order valence-electron chi connectivity index (χ4n) is 3.14. The highest BCUT2D eigenvalue weighted by Crippen LogP contribution is 2.29. The minimum Gasteiger partial charge on any atom is -0.465 e. The van der Waals surface area contributed by atoms with E-state index < -0.39 is 17.5 Å². The molecule has 1 aromatic carbocycles. The van der Waals surface area contributed by atoms with E-state index in [2.05, 4.69) is 10.1 Å². The van der Waals surface area contributed by atoms with Gasteiger partial charge in [0, 0.05) is 29.1 Å². The molecule has 9 heteroatoms. The molecule has 3 rings (SSSR count). The van der Waals surface area contributed by atoms with Crippen LogP contribution >= 0.6 is 0 Å². The first kappa shape index (κ1) is 21.9. The maximum atomic E-state index is 13.3. The van der Waals surface area contributed by atoms with Crippen molar-refractivity contribution in [3.63, 3.8) is 0 Å². The van der Waals surface area contributed by atoms with Gasteiger partial charge in [0.15, 0.2) is 0 Å². The summed E-state index contributed by atoms with van der Waals surface area (Å²) >= 11 is 0. The molecule has 2 amide bonds. The van der Waals surface area contributed by atoms with Crippen molar-refractivity contribution in [1.29, 1.82) is 0 Å². The minimum absolute atomic E-state index is 0.0749. The van der Waals surface area contributed by atoms with E-state index in [0.717, 1.165) is 0 Å². The molecule has 0 saturated carbocycles. The summed E-state index contributed by atoms with van der Waals surface area (Å²) in [5, 5.41) is 14.1. The quantitative estimate of drug-likeness (QED) is 0.627. The Kier molecular flexibility index (Phi) is 6.05. The lowest BCUT2D eigenvalue weighted by Crippen LogP contribution is -2.44. The molecule has 3 N–H and O–H groups in total. The van der Waals surface area contributed by atoms with E-state index in [1.165, 1.54) is 21.7 Å². The standard InChI is InChI=1S/C22H24FN5O3/c1-22(2,3)28(21(30)31)12-15-11-25-19(14-4-6-16(23)7-5-14)10-17(15)18-8-9-27(26-18)13-20(24)29/h4-11H,12-13H2,1-3H3,(H2,24,29)(H,30,31). The Morgan fingerprint density at radius 3 is 2.42 bits per heavy atom. The van der Waals surface area contributed by atoms with Gasteiger partial charge in [0.2, 0.25) is 5.91 Å². The lowest BCUT2D eigenvalue weighted by Gasteiger charge is -2.33. The Labute approximate surface area is 179 Å². The molecule has 31 heavy (non-hydrogen) atoms. The van der Waals surface area contributed by atoms with Gasteiger partial charge in [-0.2, -0.15) is 5.10 Å². The van der Waals surface area contributed by atoms with Crippen LogP contribution in [0.25, 0.3) is 22.5 Å². The van der Waals surface area contributed by atoms with Crippen molar-refractivity contribution in [2.75, 3.05) is 0 Å². The first-order chi connectivity index (χ1) is 14.5. The molecule has 3 aromatic rings. The van der Waals surface area contributed by atoms with Crippen LogP contribution in [-0.2, 0) is 17.9 Å². The zero-order chi connectivity index (χ0) is 22.8. The molecular weight excluding hydrogens is 401 g/mol. The molecule has 8 nitrogen and oxygen atoms in total. The zero-order valence-corrected chi connectivity index (χ0v) is 17.5. The average Bonchev–Trinajstić information content (AvgIpc) is 3.13. The number of rotatable bonds is 6. The fraction of sp³-hybridized carbons (Fsp3) is 0.273. The third kappa shape index (κ3) is 5.25. The molecule has 0 radical (unpaired) electrons. The van der Waals surface area contributed by atoms with Gasteiger partial charge < -0.3 is 10.8 Å². The van der Waals surface area contributed by atoms with Crippen LogP contribution in [0.15, 0.2) is 48.8 Å². The van der Waals surface area contributed by atoms with Crippen LogP contribution < -0.4 is 5.73 Å². The number of halogens is 1. The first-order valence-corrected chi connectivity index (χ1v) is 9.62. The lowest BCUT2D eigenvalue weighted by atomic mass is 10.0. The summed E-state index contributed by atoms with van der Waals surface area (Å²) in [5.41, 5.74) is 7.75. The number of amides is 2. The number of benzene rings is 1. The zero-order valence-electron chi connectivity index (χ0n) is 17.5. The summed E-state index contributed by atoms with van der Waals surface area (Å²) in [7, 11) is 0. The fourth-order valence-corrected chi connectivity index (χ4v) is 3.14. The highest BCUT2D eigenvalue weighted by Gasteiger charge is 2.27. The number of pyridine rings is 1. The SMILES string of the molecule is CC(C)(C)N(Cc1cnc(-c2ccc(F)cc2)cc1-c1ccn(CC(N)=O)n1)C(=O)O. The van der Waals surface area contributed by atoms with Crippen molar-refractivity contribution in [2.45, 2.75) is 39.4 Å². The summed E-state index contributed by atoms with van der Waals surface area (Å²) in [6.07, 6.45) is 2.17. The summed E-state index contributed by atoms with van der Waals surface area (Å²) in [6, 6.07) is 9.42. The molecule has 0 aliphatic carbocycles. The van der Waals surface area contributed by atoms with Crippen molar-refractivity contribution in [3.8, 4) is 22.5 Å². The molecule has 0 fully saturated rings. The Morgan fingerprint density at radius 2 is 1.84 bits per heavy atom. The summed E-state index contributed by atoms with van der Waals surface area (Å²) in [5.74, 6) is -0.880. The number of hydrogen-bond acceptors (Lipinski definition) is 4. The van der Waals surface area contributed by atoms with Crippen LogP contribution in [0.4, 0.5) is 9.18 Å². The largest absolute Gasteiger partial charge is 0.465 e. The van der Waals surface area contributed by atoms with Gasteiger partial charge in [-0.05, 0) is 62.7 Å². The molecule has 0 saturated heterocycles. The monoisotopic (exact) mass is 425 g/mol. The number of carbonyl (C=O) groups excluding carboxylic acids is 1. The van der Waals surface area contributed by atoms with E-state index in [9.17, 15) is 19.1 Å². The second kappa shape index (κ2) is 8.55. The molecule has 162 valence electrons. The molecule has 2 heterocycles. The summed E-state index contributed by atoms with van der Waals surface area (Å²) in [6.45, 7) is 5.44. The molecule has 0 spiro atoms. The number of primary amides is 1. The maximum absolute atomic E-state index is 13.3. The van der Waals surface area contributed by atoms with Gasteiger partial charge >= 0.3 is 6.09 Å². The van der Waals surface area contributed by atoms with Gasteiger partial charge in [-0.1, -0.05) is 0 Å². The molecule has 0 aliphatic heterocycles. The average molecular weight is 425 g/mol. The highest BCUT2D eigenvalue weighted by atomic mass is 19.1. The van der Waals surface area contributed by atoms with Gasteiger partial charge in [-0.25, -0.2) is 9.18 Å². The number of nitrogens with zero attached hydrogens (tertiary/aromatic N) is 4. The lowest BCUT2D eigenvalue weighted by molar-refractivity contribution is -0.118. The van der Waals surface area contributed by atoms with Crippen LogP contribution in [0.1, 0.15) is 26.3 Å². The number of carbonyl (C=O) groups is 2. The van der Waals surface area contributed by atoms with Crippen LogP contribution in [0.2, 0.25) is 0 Å². The summed E-state index contributed by atoms with van der Waals surface area (Å²) < 4.78 is 14.7. The molecule has 0 bridgehead atoms. The predicted octanol–water partition coefficient (Wildman–Crippen LogP) is 3.52. The number of hydrogen-bond donors (Lipinski definition) is 2. The van der Waals surface area contributed by atoms with E-state index in [4.69, 9.17) is 5.73 Å². The normalized spacial score (nSPS) is 11.4. The predicted molar refractivity (Wildman–Crippen MR) is 113 cm³/mol. The van der Waals surface area contributed by atoms with Crippen molar-refractivity contribution in [1.82, 2.24) is 19.7 Å². The van der Waals surface area contributed by atoms with Gasteiger partial charge in [0.1, 0.15) is 12.4 Å². The first-order valence-electron chi connectivity index (χ1n) is 9.62. The van der Waals surface area contributed by atoms with Crippen LogP contribution in [-0.4, -0.2) is 42.3 Å². The smallest absolute Gasteiger partial charge is 0.408 e. The third-order valence-electron chi connectivity index (χ3n) is 4.73. The number of carboxylic acid groups (broad SMARTS) is 1. The molecular formula is C22H24FN5O3. The Morgan fingerprint density at radius 1 is 1.16 bits per heavy atom. The second-order valence-electron chi connectivity index (χ2n) is 8.14. The van der Waals surface area contributed by atoms with Crippen LogP contribution in [0.3, 0.4) is 0 Å². The van der Waals surface area contributed by atoms with Gasteiger partial charge in [-0.15, -0.1) is 0 Å². The van der Waals surface area contributed by atoms with E-state index in [1.54, 1.807) is 36.7 Å². The summed E-state index contributed by atoms with van der Waals surface area (Å²) in [4.78, 5) is 28.8. The van der Waals surface area contributed by atoms with Crippen molar-refractivity contribution in [2.24, 2.45) is 5.73 Å². The third-order valence-corrected chi connectivity index (χ3v) is 4.73. The van der Waals surface area contributed by atoms with Gasteiger partial charge in [-0.3, -0.25) is 19.4 Å². The van der Waals surface area contributed by atoms with Crippen molar-refractivity contribution >= 4 is 12.0 Å². The van der Waals surface area contributed by atoms with Gasteiger partial charge in [0.05, 0.1) is 17.9 Å². The molecule has 0 atom stereocenters. The van der Waals surface area contributed by atoms with Crippen LogP contribution in [0, 0.1) is 5.82 Å². The molecule has 2 aromatic heterocycles. The maximum Gasteiger partial charge on any atom is 0.408 e. The number of aromatic nitrogens is 3. The van der Waals surface area contributed by atoms with Gasteiger partial charge in [0.25, 0.3) is 0 Å². The van der Waals surface area contributed by atoms with E-state index >= 15 is 0 Å². The number of nitrogens with two attached hydrogens (primary N) is 1. The Bertz CT molecular complexity index is 1100. The minimum atomic E-state index is -1.06. The highest BCUT2D eigenvalue weighted by molar-refractivity contribution is 5.74. The van der Waals surface area contributed by atoms with Crippen LogP contribution in [0.5, 0.6) is 0 Å². The van der Waals surface area contributed by atoms with E-state index in [0.29, 0.717) is 28.1 Å². The molecule has 0 aliphatic rings. The Balaban J connectivity index is 2.09. The Hall–Kier alpha value is -3.75.